The van der Waals surface area contributed by atoms with Crippen molar-refractivity contribution in [1.29, 1.82) is 0 Å². The molecule has 2 aromatic rings. The van der Waals surface area contributed by atoms with Crippen molar-refractivity contribution >= 4 is 33.1 Å². The lowest BCUT2D eigenvalue weighted by molar-refractivity contribution is 0.439. The summed E-state index contributed by atoms with van der Waals surface area (Å²) < 4.78 is 19.9. The lowest BCUT2D eigenvalue weighted by atomic mass is 10.1. The van der Waals surface area contributed by atoms with Crippen LogP contribution >= 0.6 is 28.1 Å². The molecule has 98 valence electrons. The number of aryl methyl sites for hydroxylation is 1. The van der Waals surface area contributed by atoms with Crippen LogP contribution in [0.25, 0.3) is 0 Å². The molecule has 0 heterocycles. The molecule has 2 rings (SSSR count). The van der Waals surface area contributed by atoms with E-state index < -0.39 is 5.82 Å². The van der Waals surface area contributed by atoms with E-state index >= 15 is 0 Å². The first-order valence-electron chi connectivity index (χ1n) is 5.51. The number of ether oxygens (including phenoxy) is 1. The zero-order valence-corrected chi connectivity index (χ0v) is 12.5. The molecule has 2 nitrogen and oxygen atoms in total. The predicted molar refractivity (Wildman–Crippen MR) is 81.2 cm³/mol. The molecule has 2 aromatic carbocycles. The van der Waals surface area contributed by atoms with Crippen molar-refractivity contribution in [3.05, 3.63) is 57.8 Å². The van der Waals surface area contributed by atoms with Crippen LogP contribution in [0, 0.1) is 12.7 Å². The van der Waals surface area contributed by atoms with Gasteiger partial charge in [-0.3, -0.25) is 0 Å². The van der Waals surface area contributed by atoms with Gasteiger partial charge in [-0.2, -0.15) is 0 Å². The Morgan fingerprint density at radius 3 is 2.47 bits per heavy atom. The summed E-state index contributed by atoms with van der Waals surface area (Å²) in [5, 5.41) is 0. The van der Waals surface area contributed by atoms with E-state index in [0.29, 0.717) is 15.2 Å². The maximum absolute atomic E-state index is 13.7. The van der Waals surface area contributed by atoms with Crippen molar-refractivity contribution in [1.82, 2.24) is 0 Å². The number of halogens is 2. The van der Waals surface area contributed by atoms with Crippen LogP contribution in [0.15, 0.2) is 40.9 Å². The molecule has 0 amide bonds. The zero-order chi connectivity index (χ0) is 14.0. The second-order valence-corrected chi connectivity index (χ2v) is 5.38. The minimum Gasteiger partial charge on any atom is -0.454 e. The fourth-order valence-corrected chi connectivity index (χ4v) is 2.05. The minimum absolute atomic E-state index is 0.175. The summed E-state index contributed by atoms with van der Waals surface area (Å²) in [6.45, 7) is 1.86. The third-order valence-electron chi connectivity index (χ3n) is 2.57. The average Bonchev–Trinajstić information content (AvgIpc) is 2.34. The molecule has 5 heteroatoms. The molecule has 0 saturated carbocycles. The van der Waals surface area contributed by atoms with Crippen molar-refractivity contribution < 1.29 is 9.13 Å². The summed E-state index contributed by atoms with van der Waals surface area (Å²) in [5.74, 6) is 0.322. The van der Waals surface area contributed by atoms with Crippen molar-refractivity contribution in [2.45, 2.75) is 6.92 Å². The van der Waals surface area contributed by atoms with Gasteiger partial charge in [0, 0.05) is 10.0 Å². The fraction of sp³-hybridized carbons (Fsp3) is 0.0714. The highest BCUT2D eigenvalue weighted by molar-refractivity contribution is 9.10. The third-order valence-corrected chi connectivity index (χ3v) is 3.30. The van der Waals surface area contributed by atoms with Gasteiger partial charge in [-0.05, 0) is 48.9 Å². The molecule has 0 bridgehead atoms. The van der Waals surface area contributed by atoms with E-state index in [1.165, 1.54) is 6.07 Å². The summed E-state index contributed by atoms with van der Waals surface area (Å²) >= 11 is 8.10. The van der Waals surface area contributed by atoms with Gasteiger partial charge in [0.25, 0.3) is 0 Å². The molecule has 0 spiro atoms. The van der Waals surface area contributed by atoms with E-state index in [-0.39, 0.29) is 5.75 Å². The van der Waals surface area contributed by atoms with Gasteiger partial charge in [-0.15, -0.1) is 0 Å². The quantitative estimate of drug-likeness (QED) is 0.845. The number of thiocarbonyl (C=S) groups is 1. The third kappa shape index (κ3) is 3.30. The summed E-state index contributed by atoms with van der Waals surface area (Å²) in [6.07, 6.45) is 0. The monoisotopic (exact) mass is 339 g/mol. The van der Waals surface area contributed by atoms with Crippen LogP contribution in [-0.4, -0.2) is 4.99 Å². The van der Waals surface area contributed by atoms with E-state index in [0.717, 1.165) is 11.1 Å². The Labute approximate surface area is 124 Å². The van der Waals surface area contributed by atoms with Gasteiger partial charge in [0.15, 0.2) is 11.6 Å². The zero-order valence-electron chi connectivity index (χ0n) is 10.1. The molecular formula is C14H11BrFNOS. The summed E-state index contributed by atoms with van der Waals surface area (Å²) in [6, 6.07) is 9.94. The van der Waals surface area contributed by atoms with Gasteiger partial charge in [0.05, 0.1) is 0 Å². The lowest BCUT2D eigenvalue weighted by Gasteiger charge is -2.10. The van der Waals surface area contributed by atoms with Gasteiger partial charge in [0.1, 0.15) is 10.7 Å². The highest BCUT2D eigenvalue weighted by Gasteiger charge is 2.08. The number of nitrogens with two attached hydrogens (primary N) is 1. The van der Waals surface area contributed by atoms with Crippen LogP contribution < -0.4 is 10.5 Å². The maximum atomic E-state index is 13.7. The molecule has 0 aliphatic carbocycles. The molecule has 0 saturated heterocycles. The average molecular weight is 340 g/mol. The maximum Gasteiger partial charge on any atom is 0.166 e. The Bertz CT molecular complexity index is 645. The molecule has 0 aliphatic rings. The second kappa shape index (κ2) is 5.67. The molecule has 0 radical (unpaired) electrons. The van der Waals surface area contributed by atoms with Crippen LogP contribution in [0.5, 0.6) is 11.5 Å². The smallest absolute Gasteiger partial charge is 0.166 e. The van der Waals surface area contributed by atoms with Gasteiger partial charge in [0.2, 0.25) is 0 Å². The highest BCUT2D eigenvalue weighted by atomic mass is 79.9. The van der Waals surface area contributed by atoms with Gasteiger partial charge in [-0.1, -0.05) is 28.1 Å². The molecular weight excluding hydrogens is 329 g/mol. The van der Waals surface area contributed by atoms with Crippen LogP contribution in [0.3, 0.4) is 0 Å². The number of rotatable bonds is 3. The first-order chi connectivity index (χ1) is 8.97. The van der Waals surface area contributed by atoms with E-state index in [1.807, 2.05) is 13.0 Å². The largest absolute Gasteiger partial charge is 0.454 e. The van der Waals surface area contributed by atoms with E-state index in [9.17, 15) is 4.39 Å². The highest BCUT2D eigenvalue weighted by Crippen LogP contribution is 2.29. The van der Waals surface area contributed by atoms with Crippen LogP contribution in [0.1, 0.15) is 11.1 Å². The van der Waals surface area contributed by atoms with Gasteiger partial charge < -0.3 is 10.5 Å². The van der Waals surface area contributed by atoms with Gasteiger partial charge >= 0.3 is 0 Å². The second-order valence-electron chi connectivity index (χ2n) is 4.02. The first-order valence-corrected chi connectivity index (χ1v) is 6.71. The Morgan fingerprint density at radius 1 is 1.21 bits per heavy atom. The van der Waals surface area contributed by atoms with Crippen molar-refractivity contribution in [3.8, 4) is 11.5 Å². The SMILES string of the molecule is Cc1cc(C(N)=S)ccc1Oc1ccc(Br)cc1F. The first kappa shape index (κ1) is 14.0. The lowest BCUT2D eigenvalue weighted by Crippen LogP contribution is -2.09. The Kier molecular flexibility index (Phi) is 4.17. The van der Waals surface area contributed by atoms with Crippen molar-refractivity contribution in [2.75, 3.05) is 0 Å². The molecule has 0 fully saturated rings. The van der Waals surface area contributed by atoms with Crippen molar-refractivity contribution in [3.63, 3.8) is 0 Å². The van der Waals surface area contributed by atoms with Crippen LogP contribution in [-0.2, 0) is 0 Å². The molecule has 0 atom stereocenters. The number of hydrogen-bond donors (Lipinski definition) is 1. The van der Waals surface area contributed by atoms with E-state index in [1.54, 1.807) is 24.3 Å². The molecule has 0 aromatic heterocycles. The van der Waals surface area contributed by atoms with E-state index in [2.05, 4.69) is 15.9 Å². The summed E-state index contributed by atoms with van der Waals surface area (Å²) in [7, 11) is 0. The Morgan fingerprint density at radius 2 is 1.89 bits per heavy atom. The fourth-order valence-electron chi connectivity index (χ4n) is 1.59. The number of benzene rings is 2. The van der Waals surface area contributed by atoms with Crippen LogP contribution in [0.2, 0.25) is 0 Å². The Balaban J connectivity index is 2.31. The van der Waals surface area contributed by atoms with Gasteiger partial charge in [-0.25, -0.2) is 4.39 Å². The van der Waals surface area contributed by atoms with Crippen molar-refractivity contribution in [2.24, 2.45) is 5.73 Å². The predicted octanol–water partition coefficient (Wildman–Crippen LogP) is 4.32. The molecule has 0 aliphatic heterocycles. The minimum atomic E-state index is -0.424. The molecule has 2 N–H and O–H groups in total. The Hall–Kier alpha value is -1.46. The summed E-state index contributed by atoms with van der Waals surface area (Å²) in [5.41, 5.74) is 7.15. The number of hydrogen-bond acceptors (Lipinski definition) is 2. The normalized spacial score (nSPS) is 10.3. The standard InChI is InChI=1S/C14H11BrFNOS/c1-8-6-9(14(17)19)2-4-12(8)18-13-5-3-10(15)7-11(13)16/h2-7H,1H3,(H2,17,19). The van der Waals surface area contributed by atoms with E-state index in [4.69, 9.17) is 22.7 Å². The summed E-state index contributed by atoms with van der Waals surface area (Å²) in [4.78, 5) is 0.324. The molecule has 0 unspecified atom stereocenters. The molecule has 19 heavy (non-hydrogen) atoms. The topological polar surface area (TPSA) is 35.2 Å². The van der Waals surface area contributed by atoms with Crippen LogP contribution in [0.4, 0.5) is 4.39 Å².